The van der Waals surface area contributed by atoms with Crippen molar-refractivity contribution in [3.8, 4) is 0 Å². The first-order valence-corrected chi connectivity index (χ1v) is 20.3. The highest BCUT2D eigenvalue weighted by Crippen LogP contribution is 2.30. The summed E-state index contributed by atoms with van der Waals surface area (Å²) in [5.41, 5.74) is -1.28. The number of benzene rings is 1. The SMILES string of the molecule is CC(C)(C)OC(=O)NC1CC(NC(=O)OC(C)(C)C)CN(c2nc(Nc3ccccc3)c3[nH]c(N4CC(NC(=O)OC(C)(C)C)CC(NC(=O)OC(C)(C)C)C4)nc3n2)C1. The number of aromatic nitrogens is 4. The van der Waals surface area contributed by atoms with E-state index in [9.17, 15) is 19.2 Å². The van der Waals surface area contributed by atoms with Crippen LogP contribution in [0.3, 0.4) is 0 Å². The molecule has 6 N–H and O–H groups in total. The minimum absolute atomic E-state index is 0.290. The van der Waals surface area contributed by atoms with Gasteiger partial charge in [-0.25, -0.2) is 19.2 Å². The molecule has 0 spiro atoms. The molecule has 5 rings (SSSR count). The van der Waals surface area contributed by atoms with Crippen molar-refractivity contribution in [3.05, 3.63) is 30.3 Å². The molecule has 4 atom stereocenters. The molecule has 60 heavy (non-hydrogen) atoms. The van der Waals surface area contributed by atoms with E-state index in [1.165, 1.54) is 0 Å². The fourth-order valence-corrected chi connectivity index (χ4v) is 6.76. The number of nitrogens with zero attached hydrogens (tertiary/aromatic N) is 5. The molecule has 2 aromatic heterocycles. The van der Waals surface area contributed by atoms with E-state index < -0.39 is 70.9 Å². The van der Waals surface area contributed by atoms with E-state index >= 15 is 0 Å². The van der Waals surface area contributed by atoms with Gasteiger partial charge in [0.25, 0.3) is 0 Å². The maximum absolute atomic E-state index is 13.0. The molecule has 0 radical (unpaired) electrons. The number of hydrogen-bond donors (Lipinski definition) is 6. The van der Waals surface area contributed by atoms with Crippen LogP contribution in [0, 0.1) is 0 Å². The highest BCUT2D eigenvalue weighted by molar-refractivity contribution is 5.88. The van der Waals surface area contributed by atoms with Crippen LogP contribution in [0.2, 0.25) is 0 Å². The molecule has 4 unspecified atom stereocenters. The van der Waals surface area contributed by atoms with E-state index in [-0.39, 0.29) is 0 Å². The molecule has 2 aliphatic heterocycles. The van der Waals surface area contributed by atoms with E-state index in [1.807, 2.05) is 40.1 Å². The largest absolute Gasteiger partial charge is 0.444 e. The van der Waals surface area contributed by atoms with Crippen LogP contribution in [0.4, 0.5) is 42.6 Å². The zero-order chi connectivity index (χ0) is 44.2. The minimum atomic E-state index is -0.720. The lowest BCUT2D eigenvalue weighted by Gasteiger charge is -2.38. The number of carbonyl (C=O) groups is 4. The number of fused-ring (bicyclic) bond motifs is 1. The Balaban J connectivity index is 1.51. The van der Waals surface area contributed by atoms with Gasteiger partial charge >= 0.3 is 24.4 Å². The molecule has 19 nitrogen and oxygen atoms in total. The maximum Gasteiger partial charge on any atom is 0.407 e. The number of nitrogens with one attached hydrogen (secondary N) is 6. The fraction of sp³-hybridized carbons (Fsp3) is 0.634. The second-order valence-corrected chi connectivity index (χ2v) is 19.3. The number of aromatic amines is 1. The van der Waals surface area contributed by atoms with Gasteiger partial charge in [-0.3, -0.25) is 0 Å². The summed E-state index contributed by atoms with van der Waals surface area (Å²) in [5, 5.41) is 15.2. The quantitative estimate of drug-likeness (QED) is 0.141. The van der Waals surface area contributed by atoms with Gasteiger partial charge in [0, 0.05) is 31.9 Å². The molecule has 0 saturated carbocycles. The summed E-state index contributed by atoms with van der Waals surface area (Å²) in [6.07, 6.45) is -1.55. The number of alkyl carbamates (subject to hydrolysis) is 4. The average Bonchev–Trinajstić information content (AvgIpc) is 3.50. The lowest BCUT2D eigenvalue weighted by Crippen LogP contribution is -2.58. The number of para-hydroxylation sites is 1. The van der Waals surface area contributed by atoms with E-state index in [0.717, 1.165) is 5.69 Å². The first kappa shape index (κ1) is 45.3. The van der Waals surface area contributed by atoms with Gasteiger partial charge in [0.1, 0.15) is 27.9 Å². The van der Waals surface area contributed by atoms with Crippen molar-refractivity contribution < 1.29 is 38.1 Å². The topological polar surface area (TPSA) is 226 Å². The van der Waals surface area contributed by atoms with Crippen molar-refractivity contribution in [1.29, 1.82) is 0 Å². The maximum atomic E-state index is 13.0. The van der Waals surface area contributed by atoms with Crippen LogP contribution in [0.25, 0.3) is 11.2 Å². The van der Waals surface area contributed by atoms with Crippen LogP contribution in [-0.4, -0.2) is 117 Å². The number of hydrogen-bond acceptors (Lipinski definition) is 14. The average molecular weight is 838 g/mol. The van der Waals surface area contributed by atoms with Crippen molar-refractivity contribution in [1.82, 2.24) is 41.2 Å². The molecule has 0 bridgehead atoms. The summed E-state index contributed by atoms with van der Waals surface area (Å²) in [5.74, 6) is 1.13. The lowest BCUT2D eigenvalue weighted by molar-refractivity contribution is 0.0452. The lowest BCUT2D eigenvalue weighted by atomic mass is 10.0. The summed E-state index contributed by atoms with van der Waals surface area (Å²) in [6, 6.07) is 7.68. The Morgan fingerprint density at radius 1 is 0.567 bits per heavy atom. The highest BCUT2D eigenvalue weighted by Gasteiger charge is 2.36. The van der Waals surface area contributed by atoms with E-state index in [4.69, 9.17) is 33.9 Å². The van der Waals surface area contributed by atoms with E-state index in [0.29, 0.717) is 67.9 Å². The fourth-order valence-electron chi connectivity index (χ4n) is 6.76. The molecule has 2 saturated heterocycles. The molecular formula is C41H63N11O8. The normalized spacial score (nSPS) is 20.1. The molecule has 2 aliphatic rings. The summed E-state index contributed by atoms with van der Waals surface area (Å²) in [4.78, 5) is 73.9. The van der Waals surface area contributed by atoms with Gasteiger partial charge in [-0.15, -0.1) is 0 Å². The molecule has 19 heteroatoms. The Hall–Kier alpha value is -5.75. The van der Waals surface area contributed by atoms with Crippen LogP contribution >= 0.6 is 0 Å². The molecule has 4 heterocycles. The third-order valence-electron chi connectivity index (χ3n) is 8.73. The van der Waals surface area contributed by atoms with Crippen LogP contribution in [0.5, 0.6) is 0 Å². The molecule has 3 aromatic rings. The Bertz CT molecular complexity index is 1910. The molecular weight excluding hydrogens is 775 g/mol. The van der Waals surface area contributed by atoms with E-state index in [2.05, 4.69) is 31.6 Å². The van der Waals surface area contributed by atoms with Crippen LogP contribution in [0.15, 0.2) is 30.3 Å². The van der Waals surface area contributed by atoms with Crippen molar-refractivity contribution >= 4 is 58.9 Å². The first-order valence-electron chi connectivity index (χ1n) is 20.3. The van der Waals surface area contributed by atoms with Crippen molar-refractivity contribution in [3.63, 3.8) is 0 Å². The van der Waals surface area contributed by atoms with Gasteiger partial charge < -0.3 is 60.3 Å². The number of H-pyrrole nitrogens is 1. The second kappa shape index (κ2) is 17.8. The third-order valence-corrected chi connectivity index (χ3v) is 8.73. The molecule has 1 aromatic carbocycles. The second-order valence-electron chi connectivity index (χ2n) is 19.3. The summed E-state index contributed by atoms with van der Waals surface area (Å²) in [7, 11) is 0. The van der Waals surface area contributed by atoms with Crippen molar-refractivity contribution in [2.45, 2.75) is 142 Å². The van der Waals surface area contributed by atoms with Gasteiger partial charge in [-0.1, -0.05) is 18.2 Å². The standard InChI is InChI=1S/C41H63N11O8/c1-38(2,3)57-34(53)43-25-18-26(44-35(54)58-39(4,5)6)21-51(20-25)32-47-29-30(42-24-16-14-13-15-17-24)48-33(50-31(29)49-32)52-22-27(45-36(55)59-40(7,8)9)19-28(23-52)46-37(56)60-41(10,11)12/h13-17,25-28H,18-23H2,1-12H3,(H,43,53)(H,44,54)(H,45,55)(H,46,56)(H2,42,47,48,49,50). The number of amides is 4. The number of carbonyl (C=O) groups excluding carboxylic acids is 4. The number of ether oxygens (including phenoxy) is 4. The summed E-state index contributed by atoms with van der Waals surface area (Å²) < 4.78 is 22.3. The first-order chi connectivity index (χ1) is 27.8. The number of imidazole rings is 1. The monoisotopic (exact) mass is 837 g/mol. The Morgan fingerprint density at radius 3 is 1.33 bits per heavy atom. The van der Waals surface area contributed by atoms with E-state index in [1.54, 1.807) is 83.1 Å². The summed E-state index contributed by atoms with van der Waals surface area (Å²) in [6.45, 7) is 22.7. The van der Waals surface area contributed by atoms with Gasteiger partial charge in [0.05, 0.1) is 24.2 Å². The highest BCUT2D eigenvalue weighted by atomic mass is 16.6. The zero-order valence-electron chi connectivity index (χ0n) is 36.9. The third kappa shape index (κ3) is 14.2. The summed E-state index contributed by atoms with van der Waals surface area (Å²) >= 11 is 0. The minimum Gasteiger partial charge on any atom is -0.444 e. The number of rotatable bonds is 8. The van der Waals surface area contributed by atoms with Crippen molar-refractivity contribution in [2.75, 3.05) is 41.3 Å². The predicted octanol–water partition coefficient (Wildman–Crippen LogP) is 6.09. The Morgan fingerprint density at radius 2 is 0.950 bits per heavy atom. The molecule has 330 valence electrons. The zero-order valence-corrected chi connectivity index (χ0v) is 36.9. The van der Waals surface area contributed by atoms with Crippen LogP contribution in [-0.2, 0) is 18.9 Å². The van der Waals surface area contributed by atoms with Crippen LogP contribution in [0.1, 0.15) is 95.9 Å². The Labute approximate surface area is 351 Å². The van der Waals surface area contributed by atoms with Gasteiger partial charge in [0.15, 0.2) is 11.5 Å². The van der Waals surface area contributed by atoms with Gasteiger partial charge in [-0.05, 0) is 108 Å². The number of anilines is 4. The van der Waals surface area contributed by atoms with Crippen molar-refractivity contribution in [2.24, 2.45) is 0 Å². The molecule has 2 fully saturated rings. The van der Waals surface area contributed by atoms with Gasteiger partial charge in [-0.2, -0.15) is 15.0 Å². The molecule has 4 amide bonds. The molecule has 0 aliphatic carbocycles. The van der Waals surface area contributed by atoms with Gasteiger partial charge in [0.2, 0.25) is 11.9 Å². The smallest absolute Gasteiger partial charge is 0.407 e. The Kier molecular flexibility index (Phi) is 13.5. The predicted molar refractivity (Wildman–Crippen MR) is 228 cm³/mol. The van der Waals surface area contributed by atoms with Crippen LogP contribution < -0.4 is 36.4 Å². The number of piperidine rings is 2.